The van der Waals surface area contributed by atoms with Gasteiger partial charge in [-0.15, -0.1) is 6.42 Å². The molecule has 0 radical (unpaired) electrons. The largest absolute Gasteiger partial charge is 0.480 e. The molecule has 0 amide bonds. The molecule has 23 heavy (non-hydrogen) atoms. The summed E-state index contributed by atoms with van der Waals surface area (Å²) in [7, 11) is 0. The molecular formula is C17H12N4O2. The zero-order valence-corrected chi connectivity index (χ0v) is 12.1. The topological polar surface area (TPSA) is 83.8 Å². The molecule has 0 aliphatic heterocycles. The van der Waals surface area contributed by atoms with Crippen LogP contribution in [0.15, 0.2) is 36.7 Å². The monoisotopic (exact) mass is 304 g/mol. The van der Waals surface area contributed by atoms with Crippen molar-refractivity contribution in [2.24, 2.45) is 0 Å². The summed E-state index contributed by atoms with van der Waals surface area (Å²) in [5, 5.41) is 8.60. The molecule has 0 saturated heterocycles. The van der Waals surface area contributed by atoms with Crippen LogP contribution in [0.25, 0.3) is 22.4 Å². The minimum atomic E-state index is -0.0375. The van der Waals surface area contributed by atoms with Crippen molar-refractivity contribution in [3.63, 3.8) is 0 Å². The van der Waals surface area contributed by atoms with Crippen LogP contribution in [0.4, 0.5) is 0 Å². The minimum Gasteiger partial charge on any atom is -0.480 e. The molecule has 0 aliphatic carbocycles. The van der Waals surface area contributed by atoms with Crippen LogP contribution in [0.2, 0.25) is 0 Å². The molecule has 1 aromatic carbocycles. The van der Waals surface area contributed by atoms with Gasteiger partial charge < -0.3 is 14.5 Å². The van der Waals surface area contributed by atoms with E-state index in [1.807, 2.05) is 18.2 Å². The second-order valence-electron chi connectivity index (χ2n) is 4.58. The summed E-state index contributed by atoms with van der Waals surface area (Å²) >= 11 is 0. The molecule has 0 spiro atoms. The van der Waals surface area contributed by atoms with E-state index in [0.717, 1.165) is 16.6 Å². The molecule has 0 atom stereocenters. The Labute approximate surface area is 132 Å². The SMILES string of the molecule is C#CCOc1cc(OCC#N)ccc1-c1nc2cnccc2[nH]1. The number of nitrogens with zero attached hydrogens (tertiary/aromatic N) is 3. The Balaban J connectivity index is 2.02. The molecule has 2 heterocycles. The third kappa shape index (κ3) is 3.07. The molecule has 3 rings (SSSR count). The lowest BCUT2D eigenvalue weighted by atomic mass is 10.2. The van der Waals surface area contributed by atoms with Crippen molar-refractivity contribution >= 4 is 11.0 Å². The van der Waals surface area contributed by atoms with Crippen molar-refractivity contribution < 1.29 is 9.47 Å². The fourth-order valence-corrected chi connectivity index (χ4v) is 2.13. The summed E-state index contributed by atoms with van der Waals surface area (Å²) in [4.78, 5) is 11.8. The third-order valence-electron chi connectivity index (χ3n) is 3.11. The maximum Gasteiger partial charge on any atom is 0.174 e. The number of nitrogens with one attached hydrogen (secondary N) is 1. The van der Waals surface area contributed by atoms with Crippen LogP contribution in [-0.2, 0) is 0 Å². The van der Waals surface area contributed by atoms with Crippen LogP contribution >= 0.6 is 0 Å². The molecule has 2 aromatic heterocycles. The van der Waals surface area contributed by atoms with Gasteiger partial charge >= 0.3 is 0 Å². The van der Waals surface area contributed by atoms with Gasteiger partial charge in [-0.3, -0.25) is 4.98 Å². The van der Waals surface area contributed by atoms with Crippen LogP contribution in [0.5, 0.6) is 11.5 Å². The van der Waals surface area contributed by atoms with Gasteiger partial charge in [-0.05, 0) is 18.2 Å². The Morgan fingerprint density at radius 2 is 2.13 bits per heavy atom. The van der Waals surface area contributed by atoms with Crippen molar-refractivity contribution in [2.75, 3.05) is 13.2 Å². The summed E-state index contributed by atoms with van der Waals surface area (Å²) in [5.41, 5.74) is 2.39. The number of hydrogen-bond donors (Lipinski definition) is 1. The van der Waals surface area contributed by atoms with E-state index in [2.05, 4.69) is 20.9 Å². The summed E-state index contributed by atoms with van der Waals surface area (Å²) in [6.07, 6.45) is 8.64. The first kappa shape index (κ1) is 14.4. The number of H-pyrrole nitrogens is 1. The predicted molar refractivity (Wildman–Crippen MR) is 84.8 cm³/mol. The fourth-order valence-electron chi connectivity index (χ4n) is 2.13. The highest BCUT2D eigenvalue weighted by Gasteiger charge is 2.12. The summed E-state index contributed by atoms with van der Waals surface area (Å²) in [6, 6.07) is 9.02. The molecule has 1 N–H and O–H groups in total. The van der Waals surface area contributed by atoms with Gasteiger partial charge in [0.2, 0.25) is 0 Å². The average Bonchev–Trinajstić information content (AvgIpc) is 3.02. The van der Waals surface area contributed by atoms with E-state index in [4.69, 9.17) is 21.2 Å². The summed E-state index contributed by atoms with van der Waals surface area (Å²) < 4.78 is 10.9. The van der Waals surface area contributed by atoms with Gasteiger partial charge in [-0.1, -0.05) is 5.92 Å². The molecular weight excluding hydrogens is 292 g/mol. The van der Waals surface area contributed by atoms with Crippen molar-refractivity contribution in [2.45, 2.75) is 0 Å². The zero-order chi connectivity index (χ0) is 16.1. The Hall–Kier alpha value is -3.51. The Morgan fingerprint density at radius 1 is 1.22 bits per heavy atom. The van der Waals surface area contributed by atoms with Gasteiger partial charge in [-0.2, -0.15) is 5.26 Å². The number of aromatic amines is 1. The van der Waals surface area contributed by atoms with Crippen LogP contribution in [0.3, 0.4) is 0 Å². The molecule has 6 nitrogen and oxygen atoms in total. The van der Waals surface area contributed by atoms with Gasteiger partial charge in [-0.25, -0.2) is 4.98 Å². The number of imidazole rings is 1. The quantitative estimate of drug-likeness (QED) is 0.732. The van der Waals surface area contributed by atoms with Crippen molar-refractivity contribution in [3.05, 3.63) is 36.7 Å². The van der Waals surface area contributed by atoms with E-state index < -0.39 is 0 Å². The highest BCUT2D eigenvalue weighted by atomic mass is 16.5. The average molecular weight is 304 g/mol. The van der Waals surface area contributed by atoms with Gasteiger partial charge in [0, 0.05) is 12.3 Å². The second-order valence-corrected chi connectivity index (χ2v) is 4.58. The van der Waals surface area contributed by atoms with Crippen LogP contribution in [0, 0.1) is 23.7 Å². The van der Waals surface area contributed by atoms with E-state index in [-0.39, 0.29) is 13.2 Å². The number of terminal acetylenes is 1. The predicted octanol–water partition coefficient (Wildman–Crippen LogP) is 2.54. The number of fused-ring (bicyclic) bond motifs is 1. The molecule has 0 saturated carbocycles. The molecule has 0 aliphatic rings. The van der Waals surface area contributed by atoms with E-state index in [1.54, 1.807) is 24.5 Å². The molecule has 6 heteroatoms. The summed E-state index contributed by atoms with van der Waals surface area (Å²) in [5.74, 6) is 4.13. The molecule has 0 bridgehead atoms. The van der Waals surface area contributed by atoms with Crippen molar-refractivity contribution in [1.82, 2.24) is 15.0 Å². The Kier molecular flexibility index (Phi) is 4.08. The smallest absolute Gasteiger partial charge is 0.174 e. The number of benzene rings is 1. The maximum atomic E-state index is 8.60. The first-order valence-corrected chi connectivity index (χ1v) is 6.82. The molecule has 112 valence electrons. The van der Waals surface area contributed by atoms with Crippen LogP contribution < -0.4 is 9.47 Å². The highest BCUT2D eigenvalue weighted by Crippen LogP contribution is 2.33. The zero-order valence-electron chi connectivity index (χ0n) is 12.1. The number of rotatable bonds is 5. The number of pyridine rings is 1. The van der Waals surface area contributed by atoms with Crippen LogP contribution in [-0.4, -0.2) is 28.2 Å². The number of hydrogen-bond acceptors (Lipinski definition) is 5. The fraction of sp³-hybridized carbons (Fsp3) is 0.118. The Morgan fingerprint density at radius 3 is 2.91 bits per heavy atom. The normalized spacial score (nSPS) is 10.0. The maximum absolute atomic E-state index is 8.60. The standard InChI is InChI=1S/C17H12N4O2/c1-2-8-23-16-10-12(22-9-6-18)3-4-13(16)17-20-14-5-7-19-11-15(14)21-17/h1,3-5,7,10-11H,8-9H2,(H,20,21). The summed E-state index contributed by atoms with van der Waals surface area (Å²) in [6.45, 7) is 0.0840. The van der Waals surface area contributed by atoms with E-state index in [1.165, 1.54) is 0 Å². The first-order chi connectivity index (χ1) is 11.3. The number of ether oxygens (including phenoxy) is 2. The lowest BCUT2D eigenvalue weighted by Crippen LogP contribution is -1.99. The molecule has 0 unspecified atom stereocenters. The van der Waals surface area contributed by atoms with E-state index >= 15 is 0 Å². The lowest BCUT2D eigenvalue weighted by molar-refractivity contribution is 0.351. The minimum absolute atomic E-state index is 0.0375. The lowest BCUT2D eigenvalue weighted by Gasteiger charge is -2.10. The number of nitriles is 1. The van der Waals surface area contributed by atoms with E-state index in [0.29, 0.717) is 17.3 Å². The van der Waals surface area contributed by atoms with Gasteiger partial charge in [0.05, 0.1) is 17.3 Å². The molecule has 3 aromatic rings. The van der Waals surface area contributed by atoms with Gasteiger partial charge in [0.1, 0.15) is 35.5 Å². The molecule has 0 fully saturated rings. The van der Waals surface area contributed by atoms with Crippen LogP contribution in [0.1, 0.15) is 0 Å². The second kappa shape index (κ2) is 6.50. The number of aromatic nitrogens is 3. The van der Waals surface area contributed by atoms with Gasteiger partial charge in [0.25, 0.3) is 0 Å². The van der Waals surface area contributed by atoms with Crippen molar-refractivity contribution in [1.29, 1.82) is 5.26 Å². The van der Waals surface area contributed by atoms with E-state index in [9.17, 15) is 0 Å². The third-order valence-corrected chi connectivity index (χ3v) is 3.11. The van der Waals surface area contributed by atoms with Gasteiger partial charge in [0.15, 0.2) is 6.61 Å². The Bertz CT molecular complexity index is 885. The van der Waals surface area contributed by atoms with Crippen molar-refractivity contribution in [3.8, 4) is 41.3 Å². The highest BCUT2D eigenvalue weighted by molar-refractivity contribution is 5.80. The first-order valence-electron chi connectivity index (χ1n) is 6.82.